The molecule has 41 heavy (non-hydrogen) atoms. The number of hydrogen-bond acceptors (Lipinski definition) is 7. The Balaban J connectivity index is 1.85. The van der Waals surface area contributed by atoms with E-state index in [-0.39, 0.29) is 18.7 Å². The quantitative estimate of drug-likeness (QED) is 0.358. The fourth-order valence-electron chi connectivity index (χ4n) is 6.93. The minimum atomic E-state index is -5.28. The molecule has 1 aromatic rings. The summed E-state index contributed by atoms with van der Waals surface area (Å²) in [4.78, 5) is 70.2. The maximum atomic E-state index is 14.1. The second-order valence-electron chi connectivity index (χ2n) is 12.9. The molecule has 1 saturated carbocycles. The SMILES string of the molecule is CC(C(=O)c1cc2c([nH]c1=O)CCOC2)C1(C(N)=O)N(C(=O)[C@@H](NC(=O)C(F)(F)F)C(C)(C)C)CC2C(C)(C)C21N. The van der Waals surface area contributed by atoms with Crippen molar-refractivity contribution < 1.29 is 37.1 Å². The maximum Gasteiger partial charge on any atom is 0.471 e. The van der Waals surface area contributed by atoms with Gasteiger partial charge in [0.1, 0.15) is 11.6 Å². The average molecular weight is 584 g/mol. The number of aromatic nitrogens is 1. The number of halogens is 3. The van der Waals surface area contributed by atoms with Crippen LogP contribution in [0.3, 0.4) is 0 Å². The number of carbonyl (C=O) groups is 4. The Kier molecular flexibility index (Phi) is 7.02. The molecule has 1 aliphatic carbocycles. The molecule has 0 bridgehead atoms. The topological polar surface area (TPSA) is 178 Å². The predicted molar refractivity (Wildman–Crippen MR) is 139 cm³/mol. The molecule has 3 amide bonds. The van der Waals surface area contributed by atoms with Crippen LogP contribution < -0.4 is 22.3 Å². The number of piperidine rings is 1. The van der Waals surface area contributed by atoms with E-state index >= 15 is 0 Å². The highest BCUT2D eigenvalue weighted by Crippen LogP contribution is 2.72. The van der Waals surface area contributed by atoms with Crippen molar-refractivity contribution in [2.75, 3.05) is 13.2 Å². The number of ketones is 1. The summed E-state index contributed by atoms with van der Waals surface area (Å²) in [5.41, 5.74) is 7.18. The minimum Gasteiger partial charge on any atom is -0.376 e. The summed E-state index contributed by atoms with van der Waals surface area (Å²) in [6.07, 6.45) is -4.85. The molecule has 0 spiro atoms. The molecule has 4 unspecified atom stereocenters. The van der Waals surface area contributed by atoms with E-state index in [1.165, 1.54) is 33.8 Å². The summed E-state index contributed by atoms with van der Waals surface area (Å²) in [6, 6.07) is -0.381. The third-order valence-corrected chi connectivity index (χ3v) is 9.37. The van der Waals surface area contributed by atoms with Crippen LogP contribution in [0.5, 0.6) is 0 Å². The van der Waals surface area contributed by atoms with Gasteiger partial charge in [-0.1, -0.05) is 41.5 Å². The number of carbonyl (C=O) groups excluding carboxylic acids is 4. The lowest BCUT2D eigenvalue weighted by Gasteiger charge is -2.49. The number of fused-ring (bicyclic) bond motifs is 2. The van der Waals surface area contributed by atoms with Gasteiger partial charge in [-0.15, -0.1) is 0 Å². The van der Waals surface area contributed by atoms with Gasteiger partial charge in [0.05, 0.1) is 30.2 Å². The molecule has 0 aromatic carbocycles. The molecule has 3 heterocycles. The van der Waals surface area contributed by atoms with E-state index in [9.17, 15) is 37.1 Å². The van der Waals surface area contributed by atoms with Crippen molar-refractivity contribution in [3.05, 3.63) is 33.2 Å². The van der Waals surface area contributed by atoms with Crippen LogP contribution in [0.2, 0.25) is 0 Å². The Morgan fingerprint density at radius 2 is 1.80 bits per heavy atom. The molecule has 11 nitrogen and oxygen atoms in total. The van der Waals surface area contributed by atoms with Gasteiger partial charge in [0, 0.05) is 24.6 Å². The first-order valence-corrected chi connectivity index (χ1v) is 13.3. The molecule has 1 saturated heterocycles. The second kappa shape index (κ2) is 9.38. The zero-order valence-electron chi connectivity index (χ0n) is 23.8. The first kappa shape index (κ1) is 30.7. The van der Waals surface area contributed by atoms with Crippen molar-refractivity contribution in [2.45, 2.75) is 77.9 Å². The number of amides is 3. The highest BCUT2D eigenvalue weighted by molar-refractivity contribution is 6.06. The number of Topliss-reactive ketones (excluding diaryl/α,β-unsaturated/α-hetero) is 1. The van der Waals surface area contributed by atoms with E-state index in [0.717, 1.165) is 4.90 Å². The second-order valence-corrected chi connectivity index (χ2v) is 12.9. The van der Waals surface area contributed by atoms with E-state index in [1.54, 1.807) is 19.2 Å². The Morgan fingerprint density at radius 1 is 1.20 bits per heavy atom. The van der Waals surface area contributed by atoms with Gasteiger partial charge in [-0.05, 0) is 22.5 Å². The van der Waals surface area contributed by atoms with Crippen LogP contribution in [-0.4, -0.2) is 69.8 Å². The van der Waals surface area contributed by atoms with Crippen LogP contribution >= 0.6 is 0 Å². The van der Waals surface area contributed by atoms with Crippen LogP contribution in [0.4, 0.5) is 13.2 Å². The first-order chi connectivity index (χ1) is 18.6. The molecule has 1 aromatic heterocycles. The van der Waals surface area contributed by atoms with Gasteiger partial charge in [-0.2, -0.15) is 13.2 Å². The van der Waals surface area contributed by atoms with E-state index in [2.05, 4.69) is 4.98 Å². The summed E-state index contributed by atoms with van der Waals surface area (Å²) >= 11 is 0. The van der Waals surface area contributed by atoms with Gasteiger partial charge >= 0.3 is 12.1 Å². The number of primary amides is 1. The lowest BCUT2D eigenvalue weighted by Crippen LogP contribution is -2.75. The van der Waals surface area contributed by atoms with Crippen LogP contribution in [0.1, 0.15) is 63.2 Å². The normalized spacial score (nSPS) is 28.2. The average Bonchev–Trinajstić information content (AvgIpc) is 3.13. The van der Waals surface area contributed by atoms with Crippen LogP contribution in [0, 0.1) is 22.7 Å². The lowest BCUT2D eigenvalue weighted by molar-refractivity contribution is -0.176. The monoisotopic (exact) mass is 583 g/mol. The summed E-state index contributed by atoms with van der Waals surface area (Å²) in [5.74, 6) is -7.39. The van der Waals surface area contributed by atoms with Crippen molar-refractivity contribution in [1.82, 2.24) is 15.2 Å². The van der Waals surface area contributed by atoms with Gasteiger partial charge in [-0.25, -0.2) is 0 Å². The van der Waals surface area contributed by atoms with Gasteiger partial charge in [0.25, 0.3) is 5.56 Å². The Bertz CT molecular complexity index is 1380. The molecular weight excluding hydrogens is 547 g/mol. The Hall–Kier alpha value is -3.26. The molecule has 2 aliphatic heterocycles. The van der Waals surface area contributed by atoms with Gasteiger partial charge < -0.3 is 31.4 Å². The number of ether oxygens (including phenoxy) is 1. The van der Waals surface area contributed by atoms with Crippen molar-refractivity contribution >= 4 is 23.5 Å². The lowest BCUT2D eigenvalue weighted by atomic mass is 9.69. The number of pyridine rings is 1. The van der Waals surface area contributed by atoms with E-state index in [0.29, 0.717) is 24.3 Å². The van der Waals surface area contributed by atoms with Gasteiger partial charge in [-0.3, -0.25) is 24.0 Å². The first-order valence-electron chi connectivity index (χ1n) is 13.3. The summed E-state index contributed by atoms with van der Waals surface area (Å²) in [5, 5.41) is 1.75. The Morgan fingerprint density at radius 3 is 2.34 bits per heavy atom. The number of rotatable bonds is 6. The van der Waals surface area contributed by atoms with Gasteiger partial charge in [0.2, 0.25) is 11.8 Å². The molecule has 3 aliphatic rings. The number of aromatic amines is 1. The molecule has 14 heteroatoms. The van der Waals surface area contributed by atoms with E-state index in [1.807, 2.05) is 0 Å². The molecule has 0 radical (unpaired) electrons. The molecule has 4 rings (SSSR count). The predicted octanol–water partition coefficient (Wildman–Crippen LogP) is 0.779. The third kappa shape index (κ3) is 4.28. The number of nitrogens with two attached hydrogens (primary N) is 2. The fourth-order valence-corrected chi connectivity index (χ4v) is 6.93. The minimum absolute atomic E-state index is 0.147. The standard InChI is InChI=1S/C27H36F3N5O6/c1-12(17(36)14-9-13-11-41-8-7-15(13)33-19(14)37)25(21(31)39)26(32)16(24(26,5)6)10-35(25)20(38)18(23(2,3)4)34-22(40)27(28,29)30/h9,12,16,18H,7-8,10-11,32H2,1-6H3,(H2,31,39)(H,33,37)(H,34,40)/t12?,16?,18-,25?,26?/m1/s1. The fraction of sp³-hybridized carbons (Fsp3) is 0.667. The van der Waals surface area contributed by atoms with Gasteiger partial charge in [0.15, 0.2) is 5.78 Å². The molecule has 2 fully saturated rings. The van der Waals surface area contributed by atoms with Crippen LogP contribution in [0.25, 0.3) is 0 Å². The van der Waals surface area contributed by atoms with E-state index in [4.69, 9.17) is 16.2 Å². The number of likely N-dealkylation sites (tertiary alicyclic amines) is 1. The largest absolute Gasteiger partial charge is 0.471 e. The number of alkyl halides is 3. The summed E-state index contributed by atoms with van der Waals surface area (Å²) < 4.78 is 45.1. The van der Waals surface area contributed by atoms with Crippen LogP contribution in [-0.2, 0) is 32.1 Å². The zero-order valence-corrected chi connectivity index (χ0v) is 23.8. The number of nitrogens with one attached hydrogen (secondary N) is 2. The Labute approximate surface area is 234 Å². The van der Waals surface area contributed by atoms with Crippen molar-refractivity contribution in [1.29, 1.82) is 0 Å². The maximum absolute atomic E-state index is 14.1. The molecule has 5 atom stereocenters. The molecule has 226 valence electrons. The summed E-state index contributed by atoms with van der Waals surface area (Å²) in [7, 11) is 0. The molecule has 6 N–H and O–H groups in total. The van der Waals surface area contributed by atoms with Crippen molar-refractivity contribution in [2.24, 2.45) is 34.1 Å². The summed E-state index contributed by atoms with van der Waals surface area (Å²) in [6.45, 7) is 9.48. The van der Waals surface area contributed by atoms with Crippen molar-refractivity contribution in [3.63, 3.8) is 0 Å². The number of hydrogen-bond donors (Lipinski definition) is 4. The highest BCUT2D eigenvalue weighted by Gasteiger charge is 2.87. The smallest absolute Gasteiger partial charge is 0.376 e. The highest BCUT2D eigenvalue weighted by atomic mass is 19.4. The third-order valence-electron chi connectivity index (χ3n) is 9.37. The van der Waals surface area contributed by atoms with E-state index < -0.39 is 75.0 Å². The molecular formula is C27H36F3N5O6. The van der Waals surface area contributed by atoms with Crippen molar-refractivity contribution in [3.8, 4) is 0 Å². The number of nitrogens with zero attached hydrogens (tertiary/aromatic N) is 1. The number of H-pyrrole nitrogens is 1. The zero-order chi connectivity index (χ0) is 31.1. The van der Waals surface area contributed by atoms with Crippen LogP contribution in [0.15, 0.2) is 10.9 Å².